The number of benzene rings is 1. The van der Waals surface area contributed by atoms with Crippen LogP contribution in [0.3, 0.4) is 0 Å². The highest BCUT2D eigenvalue weighted by Gasteiger charge is 2.31. The van der Waals surface area contributed by atoms with Crippen molar-refractivity contribution in [3.05, 3.63) is 54.1 Å². The van der Waals surface area contributed by atoms with Crippen molar-refractivity contribution >= 4 is 30.7 Å². The molecule has 1 fully saturated rings. The van der Waals surface area contributed by atoms with Gasteiger partial charge in [0.1, 0.15) is 0 Å². The Morgan fingerprint density at radius 2 is 1.96 bits per heavy atom. The van der Waals surface area contributed by atoms with Gasteiger partial charge in [-0.2, -0.15) is 0 Å². The number of carbonyl (C=O) groups excluding carboxylic acids is 1. The number of hydrogen-bond donors (Lipinski definition) is 1. The molecule has 5 nitrogen and oxygen atoms in total. The number of nitrogens with zero attached hydrogens (tertiary/aromatic N) is 3. The summed E-state index contributed by atoms with van der Waals surface area (Å²) in [6.07, 6.45) is 6.49. The van der Waals surface area contributed by atoms with Crippen LogP contribution in [-0.2, 0) is 17.8 Å². The van der Waals surface area contributed by atoms with Crippen LogP contribution < -0.4 is 5.73 Å². The lowest BCUT2D eigenvalue weighted by molar-refractivity contribution is -0.135. The van der Waals surface area contributed by atoms with Crippen LogP contribution >= 0.6 is 24.8 Å². The van der Waals surface area contributed by atoms with E-state index in [0.29, 0.717) is 6.42 Å². The summed E-state index contributed by atoms with van der Waals surface area (Å²) < 4.78 is 2.03. The molecule has 1 aromatic heterocycles. The minimum absolute atomic E-state index is 0. The summed E-state index contributed by atoms with van der Waals surface area (Å²) in [7, 11) is 0. The Bertz CT molecular complexity index is 718. The Hall–Kier alpha value is -1.56. The molecule has 7 heteroatoms. The fourth-order valence-corrected chi connectivity index (χ4v) is 3.55. The monoisotopic (exact) mass is 412 g/mol. The lowest BCUT2D eigenvalue weighted by Crippen LogP contribution is -2.50. The van der Waals surface area contributed by atoms with Crippen molar-refractivity contribution in [3.63, 3.8) is 0 Å². The van der Waals surface area contributed by atoms with Gasteiger partial charge in [-0.1, -0.05) is 44.2 Å². The molecule has 27 heavy (non-hydrogen) atoms. The Labute approximate surface area is 174 Å². The number of halogens is 2. The molecule has 1 amide bonds. The van der Waals surface area contributed by atoms with Gasteiger partial charge in [0, 0.05) is 32.3 Å². The van der Waals surface area contributed by atoms with E-state index in [9.17, 15) is 4.79 Å². The standard InChI is InChI=1S/C20H28N4O.2ClH/c1-20(2)9-6-10-24(14-20)19(25)18(21)11-17-13-23(15-22-17)12-16-7-4-3-5-8-16;;/h3-5,7-8,13,15,18H,6,9-12,14,21H2,1-2H3;2*1H/t18-;;/m0../s1. The van der Waals surface area contributed by atoms with Gasteiger partial charge in [-0.15, -0.1) is 24.8 Å². The number of rotatable bonds is 5. The van der Waals surface area contributed by atoms with Crippen LogP contribution in [0.5, 0.6) is 0 Å². The molecule has 2 N–H and O–H groups in total. The normalized spacial score (nSPS) is 16.8. The van der Waals surface area contributed by atoms with Gasteiger partial charge >= 0.3 is 0 Å². The van der Waals surface area contributed by atoms with Gasteiger partial charge in [0.2, 0.25) is 5.91 Å². The van der Waals surface area contributed by atoms with Crippen molar-refractivity contribution < 1.29 is 4.79 Å². The van der Waals surface area contributed by atoms with E-state index in [2.05, 4.69) is 31.0 Å². The summed E-state index contributed by atoms with van der Waals surface area (Å²) in [4.78, 5) is 19.0. The number of piperidine rings is 1. The summed E-state index contributed by atoms with van der Waals surface area (Å²) in [5.41, 5.74) is 8.47. The molecule has 1 aromatic carbocycles. The molecule has 2 heterocycles. The number of aromatic nitrogens is 2. The molecule has 0 saturated carbocycles. The summed E-state index contributed by atoms with van der Waals surface area (Å²) in [5, 5.41) is 0. The minimum Gasteiger partial charge on any atom is -0.341 e. The average Bonchev–Trinajstić information content (AvgIpc) is 3.01. The van der Waals surface area contributed by atoms with E-state index in [1.54, 1.807) is 0 Å². The molecule has 0 aliphatic carbocycles. The predicted molar refractivity (Wildman–Crippen MR) is 114 cm³/mol. The van der Waals surface area contributed by atoms with Gasteiger partial charge in [-0.3, -0.25) is 4.79 Å². The zero-order valence-corrected chi connectivity index (χ0v) is 17.6. The fourth-order valence-electron chi connectivity index (χ4n) is 3.55. The van der Waals surface area contributed by atoms with Crippen LogP contribution in [0.15, 0.2) is 42.9 Å². The maximum absolute atomic E-state index is 12.7. The van der Waals surface area contributed by atoms with Crippen LogP contribution in [-0.4, -0.2) is 39.5 Å². The lowest BCUT2D eigenvalue weighted by Gasteiger charge is -2.39. The van der Waals surface area contributed by atoms with Crippen molar-refractivity contribution in [2.24, 2.45) is 11.1 Å². The van der Waals surface area contributed by atoms with Crippen LogP contribution in [0.1, 0.15) is 37.9 Å². The van der Waals surface area contributed by atoms with Crippen molar-refractivity contribution in [2.45, 2.75) is 45.7 Å². The summed E-state index contributed by atoms with van der Waals surface area (Å²) in [6.45, 7) is 6.81. The van der Waals surface area contributed by atoms with Gasteiger partial charge in [0.05, 0.1) is 18.1 Å². The number of nitrogens with two attached hydrogens (primary N) is 1. The van der Waals surface area contributed by atoms with Crippen LogP contribution in [0.4, 0.5) is 0 Å². The molecule has 0 bridgehead atoms. The lowest BCUT2D eigenvalue weighted by atomic mass is 9.84. The number of carbonyl (C=O) groups is 1. The zero-order valence-electron chi connectivity index (χ0n) is 16.0. The maximum Gasteiger partial charge on any atom is 0.239 e. The molecule has 1 saturated heterocycles. The number of imidazole rings is 1. The van der Waals surface area contributed by atoms with Gasteiger partial charge < -0.3 is 15.2 Å². The molecule has 150 valence electrons. The van der Waals surface area contributed by atoms with Crippen LogP contribution in [0.2, 0.25) is 0 Å². The summed E-state index contributed by atoms with van der Waals surface area (Å²) in [5.74, 6) is 0.0467. The van der Waals surface area contributed by atoms with Crippen molar-refractivity contribution in [2.75, 3.05) is 13.1 Å². The first-order valence-electron chi connectivity index (χ1n) is 9.02. The number of hydrogen-bond acceptors (Lipinski definition) is 3. The predicted octanol–water partition coefficient (Wildman–Crippen LogP) is 3.29. The molecule has 1 atom stereocenters. The molecule has 1 aliphatic heterocycles. The molecule has 2 aromatic rings. The van der Waals surface area contributed by atoms with E-state index >= 15 is 0 Å². The first-order valence-corrected chi connectivity index (χ1v) is 9.02. The molecular weight excluding hydrogens is 383 g/mol. The molecule has 3 rings (SSSR count). The first-order chi connectivity index (χ1) is 11.9. The third kappa shape index (κ3) is 6.52. The van der Waals surface area contributed by atoms with E-state index in [0.717, 1.165) is 38.2 Å². The highest BCUT2D eigenvalue weighted by Crippen LogP contribution is 2.28. The van der Waals surface area contributed by atoms with E-state index < -0.39 is 6.04 Å². The zero-order chi connectivity index (χ0) is 17.9. The smallest absolute Gasteiger partial charge is 0.239 e. The van der Waals surface area contributed by atoms with Crippen LogP contribution in [0, 0.1) is 5.41 Å². The largest absolute Gasteiger partial charge is 0.341 e. The molecular formula is C20H30Cl2N4O. The van der Waals surface area contributed by atoms with E-state index in [-0.39, 0.29) is 36.1 Å². The highest BCUT2D eigenvalue weighted by atomic mass is 35.5. The second-order valence-corrected chi connectivity index (χ2v) is 7.86. The number of amides is 1. The first kappa shape index (κ1) is 23.5. The fraction of sp³-hybridized carbons (Fsp3) is 0.500. The maximum atomic E-state index is 12.7. The summed E-state index contributed by atoms with van der Waals surface area (Å²) in [6, 6.07) is 9.73. The minimum atomic E-state index is -0.519. The Balaban J connectivity index is 0.00000182. The Morgan fingerprint density at radius 1 is 1.26 bits per heavy atom. The molecule has 1 aliphatic rings. The van der Waals surface area contributed by atoms with Crippen molar-refractivity contribution in [1.29, 1.82) is 0 Å². The Kier molecular flexibility index (Phi) is 8.79. The topological polar surface area (TPSA) is 64.2 Å². The average molecular weight is 413 g/mol. The Morgan fingerprint density at radius 3 is 2.63 bits per heavy atom. The van der Waals surface area contributed by atoms with Gasteiger partial charge in [0.15, 0.2) is 0 Å². The van der Waals surface area contributed by atoms with Crippen LogP contribution in [0.25, 0.3) is 0 Å². The quantitative estimate of drug-likeness (QED) is 0.818. The SMILES string of the molecule is CC1(C)CCCN(C(=O)[C@@H](N)Cc2cn(Cc3ccccc3)cn2)C1.Cl.Cl. The van der Waals surface area contributed by atoms with Crippen molar-refractivity contribution in [3.8, 4) is 0 Å². The molecule has 0 unspecified atom stereocenters. The van der Waals surface area contributed by atoms with Gasteiger partial charge in [-0.05, 0) is 23.8 Å². The number of likely N-dealkylation sites (tertiary alicyclic amines) is 1. The third-order valence-electron chi connectivity index (χ3n) is 4.85. The summed E-state index contributed by atoms with van der Waals surface area (Å²) >= 11 is 0. The van der Waals surface area contributed by atoms with E-state index in [1.807, 2.05) is 40.2 Å². The van der Waals surface area contributed by atoms with E-state index in [4.69, 9.17) is 5.73 Å². The van der Waals surface area contributed by atoms with Gasteiger partial charge in [-0.25, -0.2) is 4.98 Å². The van der Waals surface area contributed by atoms with E-state index in [1.165, 1.54) is 5.56 Å². The molecule has 0 spiro atoms. The van der Waals surface area contributed by atoms with Gasteiger partial charge in [0.25, 0.3) is 0 Å². The second kappa shape index (κ2) is 10.1. The molecule has 0 radical (unpaired) electrons. The van der Waals surface area contributed by atoms with Crippen molar-refractivity contribution in [1.82, 2.24) is 14.5 Å². The third-order valence-corrected chi connectivity index (χ3v) is 4.85. The highest BCUT2D eigenvalue weighted by molar-refractivity contribution is 5.85. The second-order valence-electron chi connectivity index (χ2n) is 7.86.